The van der Waals surface area contributed by atoms with Crippen LogP contribution in [-0.4, -0.2) is 25.1 Å². The van der Waals surface area contributed by atoms with Gasteiger partial charge in [0.2, 0.25) is 0 Å². The van der Waals surface area contributed by atoms with Gasteiger partial charge < -0.3 is 9.47 Å². The van der Waals surface area contributed by atoms with Crippen molar-refractivity contribution in [2.75, 3.05) is 13.2 Å². The van der Waals surface area contributed by atoms with Crippen LogP contribution in [-0.2, 0) is 16.0 Å². The maximum absolute atomic E-state index is 13.8. The largest absolute Gasteiger partial charge is 0.490 e. The molecule has 1 saturated carbocycles. The average Bonchev–Trinajstić information content (AvgIpc) is 2.69. The molecule has 0 saturated heterocycles. The number of hydrogen-bond acceptors (Lipinski definition) is 3. The third-order valence-electron chi connectivity index (χ3n) is 5.36. The number of carbonyl (C=O) groups excluding carboxylic acids is 1. The molecule has 0 N–H and O–H groups in total. The summed E-state index contributed by atoms with van der Waals surface area (Å²) in [7, 11) is 0. The predicted molar refractivity (Wildman–Crippen MR) is 108 cm³/mol. The van der Waals surface area contributed by atoms with Gasteiger partial charge in [0.05, 0.1) is 12.7 Å². The number of aryl methyl sites for hydroxylation is 1. The van der Waals surface area contributed by atoms with Gasteiger partial charge in [-0.2, -0.15) is 0 Å². The highest BCUT2D eigenvalue weighted by Gasteiger charge is 2.24. The lowest BCUT2D eigenvalue weighted by atomic mass is 9.82. The molecule has 1 aliphatic carbocycles. The Kier molecular flexibility index (Phi) is 7.21. The van der Waals surface area contributed by atoms with Gasteiger partial charge in [-0.15, -0.1) is 0 Å². The van der Waals surface area contributed by atoms with E-state index in [0.29, 0.717) is 23.8 Å². The van der Waals surface area contributed by atoms with Crippen LogP contribution in [0.3, 0.4) is 0 Å². The number of Topliss-reactive ketones (excluding diaryl/α,β-unsaturated/α-hetero) is 1. The second-order valence-corrected chi connectivity index (χ2v) is 7.76. The van der Waals surface area contributed by atoms with Crippen LogP contribution in [0.4, 0.5) is 4.39 Å². The fraction of sp³-hybridized carbons (Fsp3) is 0.458. The molecule has 2 unspecified atom stereocenters. The van der Waals surface area contributed by atoms with Crippen LogP contribution in [0.15, 0.2) is 42.5 Å². The molecule has 0 amide bonds. The van der Waals surface area contributed by atoms with Gasteiger partial charge in [0, 0.05) is 6.07 Å². The number of rotatable bonds is 8. The Morgan fingerprint density at radius 2 is 1.93 bits per heavy atom. The Labute approximate surface area is 166 Å². The van der Waals surface area contributed by atoms with Crippen molar-refractivity contribution in [2.24, 2.45) is 0 Å². The van der Waals surface area contributed by atoms with E-state index in [1.165, 1.54) is 24.1 Å². The fourth-order valence-corrected chi connectivity index (χ4v) is 3.76. The summed E-state index contributed by atoms with van der Waals surface area (Å²) in [5, 5.41) is 0. The molecule has 2 atom stereocenters. The van der Waals surface area contributed by atoms with Gasteiger partial charge in [-0.3, -0.25) is 4.79 Å². The second kappa shape index (κ2) is 9.83. The van der Waals surface area contributed by atoms with Gasteiger partial charge >= 0.3 is 0 Å². The molecule has 4 heteroatoms. The molecule has 1 fully saturated rings. The molecule has 1 aliphatic rings. The fourth-order valence-electron chi connectivity index (χ4n) is 3.76. The first-order valence-electron chi connectivity index (χ1n) is 10.1. The van der Waals surface area contributed by atoms with Gasteiger partial charge in [0.25, 0.3) is 0 Å². The lowest BCUT2D eigenvalue weighted by Gasteiger charge is -2.30. The van der Waals surface area contributed by atoms with E-state index < -0.39 is 0 Å². The van der Waals surface area contributed by atoms with E-state index >= 15 is 0 Å². The number of carbonyl (C=O) groups is 1. The third kappa shape index (κ3) is 5.90. The monoisotopic (exact) mass is 384 g/mol. The molecule has 0 spiro atoms. The van der Waals surface area contributed by atoms with E-state index in [9.17, 15) is 9.18 Å². The molecule has 0 bridgehead atoms. The van der Waals surface area contributed by atoms with E-state index in [0.717, 1.165) is 32.1 Å². The molecular formula is C24H29FO3. The van der Waals surface area contributed by atoms with E-state index in [1.807, 2.05) is 6.07 Å². The topological polar surface area (TPSA) is 35.5 Å². The maximum atomic E-state index is 13.8. The molecule has 2 aromatic rings. The Morgan fingerprint density at radius 3 is 2.64 bits per heavy atom. The molecule has 3 rings (SSSR count). The Balaban J connectivity index is 1.53. The summed E-state index contributed by atoms with van der Waals surface area (Å²) in [6, 6.07) is 13.8. The zero-order valence-electron chi connectivity index (χ0n) is 16.7. The van der Waals surface area contributed by atoms with Crippen LogP contribution in [0.2, 0.25) is 0 Å². The highest BCUT2D eigenvalue weighted by molar-refractivity contribution is 5.76. The van der Waals surface area contributed by atoms with Gasteiger partial charge in [-0.05, 0) is 74.6 Å². The van der Waals surface area contributed by atoms with Crippen LogP contribution in [0.1, 0.15) is 55.2 Å². The molecule has 0 aromatic heterocycles. The summed E-state index contributed by atoms with van der Waals surface area (Å²) in [5.41, 5.74) is 3.18. The van der Waals surface area contributed by atoms with Crippen molar-refractivity contribution in [1.29, 1.82) is 0 Å². The number of halogens is 1. The molecule has 3 nitrogen and oxygen atoms in total. The zero-order chi connectivity index (χ0) is 19.9. The minimum atomic E-state index is -0.215. The summed E-state index contributed by atoms with van der Waals surface area (Å²) in [5.74, 6) is 0.928. The quantitative estimate of drug-likeness (QED) is 0.573. The molecule has 0 heterocycles. The summed E-state index contributed by atoms with van der Waals surface area (Å²) < 4.78 is 25.2. The summed E-state index contributed by atoms with van der Waals surface area (Å²) in [4.78, 5) is 10.9. The normalized spacial score (nSPS) is 19.4. The van der Waals surface area contributed by atoms with Crippen molar-refractivity contribution in [3.8, 4) is 5.75 Å². The minimum absolute atomic E-state index is 0.0535. The summed E-state index contributed by atoms with van der Waals surface area (Å²) in [6.45, 7) is 4.04. The van der Waals surface area contributed by atoms with Gasteiger partial charge in [0.1, 0.15) is 18.2 Å². The van der Waals surface area contributed by atoms with Crippen molar-refractivity contribution >= 4 is 5.78 Å². The van der Waals surface area contributed by atoms with Gasteiger partial charge in [0.15, 0.2) is 5.78 Å². The minimum Gasteiger partial charge on any atom is -0.490 e. The number of ketones is 1. The van der Waals surface area contributed by atoms with E-state index in [1.54, 1.807) is 13.0 Å². The molecular weight excluding hydrogens is 355 g/mol. The number of ether oxygens (including phenoxy) is 2. The van der Waals surface area contributed by atoms with Crippen LogP contribution < -0.4 is 4.74 Å². The second-order valence-electron chi connectivity index (χ2n) is 7.76. The number of benzene rings is 2. The van der Waals surface area contributed by atoms with Gasteiger partial charge in [-0.25, -0.2) is 4.39 Å². The van der Waals surface area contributed by atoms with E-state index in [-0.39, 0.29) is 24.3 Å². The smallest absolute Gasteiger partial charge is 0.155 e. The van der Waals surface area contributed by atoms with Crippen LogP contribution in [0, 0.1) is 12.7 Å². The zero-order valence-corrected chi connectivity index (χ0v) is 16.7. The lowest BCUT2D eigenvalue weighted by Crippen LogP contribution is -2.24. The third-order valence-corrected chi connectivity index (χ3v) is 5.36. The van der Waals surface area contributed by atoms with Crippen molar-refractivity contribution in [1.82, 2.24) is 0 Å². The standard InChI is InChI=1S/C24H29FO3/c1-17-6-11-23(15-24(17)25)28-22-5-3-4-21(14-22)20-9-7-19(8-10-20)12-13-27-16-18(2)26/h6-11,15,21-22H,3-5,12-14,16H2,1-2H3. The molecule has 0 aliphatic heterocycles. The lowest BCUT2D eigenvalue weighted by molar-refractivity contribution is -0.121. The van der Waals surface area contributed by atoms with Crippen molar-refractivity contribution in [2.45, 2.75) is 58.0 Å². The van der Waals surface area contributed by atoms with E-state index in [2.05, 4.69) is 24.3 Å². The van der Waals surface area contributed by atoms with E-state index in [4.69, 9.17) is 9.47 Å². The Bertz CT molecular complexity index is 785. The van der Waals surface area contributed by atoms with Crippen molar-refractivity contribution in [3.05, 3.63) is 65.0 Å². The molecule has 0 radical (unpaired) electrons. The van der Waals surface area contributed by atoms with Gasteiger partial charge in [-0.1, -0.05) is 30.3 Å². The Hall–Kier alpha value is -2.20. The Morgan fingerprint density at radius 1 is 1.14 bits per heavy atom. The SMILES string of the molecule is CC(=O)COCCc1ccc(C2CCCC(Oc3ccc(C)c(F)c3)C2)cc1. The predicted octanol–water partition coefficient (Wildman–Crippen LogP) is 5.39. The van der Waals surface area contributed by atoms with Crippen LogP contribution >= 0.6 is 0 Å². The van der Waals surface area contributed by atoms with Crippen molar-refractivity contribution in [3.63, 3.8) is 0 Å². The van der Waals surface area contributed by atoms with Crippen LogP contribution in [0.5, 0.6) is 5.75 Å². The average molecular weight is 384 g/mol. The summed E-state index contributed by atoms with van der Waals surface area (Å²) in [6.07, 6.45) is 5.17. The van der Waals surface area contributed by atoms with Crippen LogP contribution in [0.25, 0.3) is 0 Å². The molecule has 2 aromatic carbocycles. The number of hydrogen-bond donors (Lipinski definition) is 0. The molecule has 28 heavy (non-hydrogen) atoms. The molecule has 150 valence electrons. The maximum Gasteiger partial charge on any atom is 0.155 e. The van der Waals surface area contributed by atoms with Crippen molar-refractivity contribution < 1.29 is 18.7 Å². The highest BCUT2D eigenvalue weighted by atomic mass is 19.1. The summed E-state index contributed by atoms with van der Waals surface area (Å²) >= 11 is 0. The first-order chi connectivity index (χ1) is 13.5. The first-order valence-corrected chi connectivity index (χ1v) is 10.1. The first kappa shape index (κ1) is 20.5. The highest BCUT2D eigenvalue weighted by Crippen LogP contribution is 2.35.